The first-order chi connectivity index (χ1) is 6.84. The van der Waals surface area contributed by atoms with Gasteiger partial charge in [0, 0.05) is 6.04 Å². The SMILES string of the molecule is CCCCCCNC(C)C1CCCC1. The summed E-state index contributed by atoms with van der Waals surface area (Å²) >= 11 is 0. The molecule has 14 heavy (non-hydrogen) atoms. The van der Waals surface area contributed by atoms with Crippen molar-refractivity contribution in [3.63, 3.8) is 0 Å². The molecule has 0 heterocycles. The van der Waals surface area contributed by atoms with Crippen molar-refractivity contribution in [3.05, 3.63) is 0 Å². The average molecular weight is 197 g/mol. The van der Waals surface area contributed by atoms with Gasteiger partial charge in [0.25, 0.3) is 0 Å². The Kier molecular flexibility index (Phi) is 6.25. The van der Waals surface area contributed by atoms with Crippen molar-refractivity contribution in [2.45, 2.75) is 71.3 Å². The lowest BCUT2D eigenvalue weighted by atomic mass is 10.00. The summed E-state index contributed by atoms with van der Waals surface area (Å²) in [6.45, 7) is 5.88. The molecule has 1 atom stereocenters. The maximum absolute atomic E-state index is 3.68. The van der Waals surface area contributed by atoms with Crippen LogP contribution in [0.4, 0.5) is 0 Å². The molecule has 0 radical (unpaired) electrons. The molecule has 0 saturated heterocycles. The van der Waals surface area contributed by atoms with Gasteiger partial charge in [-0.1, -0.05) is 39.0 Å². The Morgan fingerprint density at radius 1 is 1.14 bits per heavy atom. The van der Waals surface area contributed by atoms with Crippen LogP contribution >= 0.6 is 0 Å². The molecule has 0 bridgehead atoms. The van der Waals surface area contributed by atoms with Crippen LogP contribution in [0.1, 0.15) is 65.2 Å². The van der Waals surface area contributed by atoms with Gasteiger partial charge in [-0.3, -0.25) is 0 Å². The number of unbranched alkanes of at least 4 members (excludes halogenated alkanes) is 3. The van der Waals surface area contributed by atoms with E-state index in [-0.39, 0.29) is 0 Å². The maximum atomic E-state index is 3.68. The van der Waals surface area contributed by atoms with E-state index in [9.17, 15) is 0 Å². The van der Waals surface area contributed by atoms with Crippen molar-refractivity contribution in [1.29, 1.82) is 0 Å². The average Bonchev–Trinajstić information content (AvgIpc) is 2.70. The van der Waals surface area contributed by atoms with Crippen molar-refractivity contribution in [2.75, 3.05) is 6.54 Å². The third-order valence-electron chi connectivity index (χ3n) is 3.60. The molecule has 0 aliphatic heterocycles. The molecule has 1 N–H and O–H groups in total. The summed E-state index contributed by atoms with van der Waals surface area (Å²) in [5.41, 5.74) is 0. The van der Waals surface area contributed by atoms with Gasteiger partial charge in [-0.05, 0) is 38.6 Å². The summed E-state index contributed by atoms with van der Waals surface area (Å²) in [5, 5.41) is 3.68. The van der Waals surface area contributed by atoms with E-state index in [0.717, 1.165) is 12.0 Å². The second-order valence-corrected chi connectivity index (χ2v) is 4.85. The highest BCUT2D eigenvalue weighted by atomic mass is 14.9. The van der Waals surface area contributed by atoms with Crippen LogP contribution in [0.25, 0.3) is 0 Å². The predicted molar refractivity (Wildman–Crippen MR) is 63.6 cm³/mol. The summed E-state index contributed by atoms with van der Waals surface area (Å²) in [6, 6.07) is 0.763. The molecule has 0 aromatic carbocycles. The zero-order valence-electron chi connectivity index (χ0n) is 10.0. The quantitative estimate of drug-likeness (QED) is 0.613. The van der Waals surface area contributed by atoms with E-state index in [1.165, 1.54) is 57.9 Å². The maximum Gasteiger partial charge on any atom is 0.00669 e. The molecule has 0 amide bonds. The first-order valence-electron chi connectivity index (χ1n) is 6.58. The highest BCUT2D eigenvalue weighted by molar-refractivity contribution is 4.76. The van der Waals surface area contributed by atoms with Gasteiger partial charge >= 0.3 is 0 Å². The highest BCUT2D eigenvalue weighted by Crippen LogP contribution is 2.27. The van der Waals surface area contributed by atoms with Crippen molar-refractivity contribution in [1.82, 2.24) is 5.32 Å². The van der Waals surface area contributed by atoms with Gasteiger partial charge in [0.2, 0.25) is 0 Å². The van der Waals surface area contributed by atoms with E-state index < -0.39 is 0 Å². The predicted octanol–water partition coefficient (Wildman–Crippen LogP) is 3.74. The Balaban J connectivity index is 1.94. The van der Waals surface area contributed by atoms with Gasteiger partial charge in [0.05, 0.1) is 0 Å². The highest BCUT2D eigenvalue weighted by Gasteiger charge is 2.20. The molecule has 0 spiro atoms. The monoisotopic (exact) mass is 197 g/mol. The van der Waals surface area contributed by atoms with E-state index >= 15 is 0 Å². The number of hydrogen-bond donors (Lipinski definition) is 1. The van der Waals surface area contributed by atoms with Gasteiger partial charge in [-0.15, -0.1) is 0 Å². The van der Waals surface area contributed by atoms with Gasteiger partial charge < -0.3 is 5.32 Å². The number of hydrogen-bond acceptors (Lipinski definition) is 1. The third kappa shape index (κ3) is 4.45. The molecular weight excluding hydrogens is 170 g/mol. The standard InChI is InChI=1S/C13H27N/c1-3-4-5-8-11-14-12(2)13-9-6-7-10-13/h12-14H,3-11H2,1-2H3. The van der Waals surface area contributed by atoms with Gasteiger partial charge in [-0.2, -0.15) is 0 Å². The molecule has 1 aliphatic carbocycles. The summed E-state index contributed by atoms with van der Waals surface area (Å²) < 4.78 is 0. The van der Waals surface area contributed by atoms with Crippen LogP contribution in [-0.4, -0.2) is 12.6 Å². The van der Waals surface area contributed by atoms with Crippen LogP contribution in [0.3, 0.4) is 0 Å². The molecule has 1 saturated carbocycles. The van der Waals surface area contributed by atoms with Crippen LogP contribution in [0.5, 0.6) is 0 Å². The van der Waals surface area contributed by atoms with E-state index in [4.69, 9.17) is 0 Å². The summed E-state index contributed by atoms with van der Waals surface area (Å²) in [6.07, 6.45) is 11.4. The molecular formula is C13H27N. The molecule has 1 unspecified atom stereocenters. The molecule has 1 heteroatoms. The smallest absolute Gasteiger partial charge is 0.00669 e. The molecule has 1 nitrogen and oxygen atoms in total. The summed E-state index contributed by atoms with van der Waals surface area (Å²) in [4.78, 5) is 0. The minimum Gasteiger partial charge on any atom is -0.314 e. The fourth-order valence-electron chi connectivity index (χ4n) is 2.51. The van der Waals surface area contributed by atoms with Crippen LogP contribution in [-0.2, 0) is 0 Å². The van der Waals surface area contributed by atoms with Gasteiger partial charge in [0.1, 0.15) is 0 Å². The fourth-order valence-corrected chi connectivity index (χ4v) is 2.51. The Morgan fingerprint density at radius 3 is 2.50 bits per heavy atom. The van der Waals surface area contributed by atoms with E-state index in [0.29, 0.717) is 0 Å². The topological polar surface area (TPSA) is 12.0 Å². The van der Waals surface area contributed by atoms with Crippen molar-refractivity contribution >= 4 is 0 Å². The Labute approximate surface area is 89.7 Å². The lowest BCUT2D eigenvalue weighted by molar-refractivity contribution is 0.378. The molecule has 1 rings (SSSR count). The number of rotatable bonds is 7. The second-order valence-electron chi connectivity index (χ2n) is 4.85. The zero-order valence-corrected chi connectivity index (χ0v) is 10.0. The minimum atomic E-state index is 0.763. The largest absolute Gasteiger partial charge is 0.314 e. The second kappa shape index (κ2) is 7.28. The normalized spacial score (nSPS) is 20.1. The van der Waals surface area contributed by atoms with E-state index in [1.807, 2.05) is 0 Å². The number of nitrogens with one attached hydrogen (secondary N) is 1. The zero-order chi connectivity index (χ0) is 10.2. The van der Waals surface area contributed by atoms with E-state index in [1.54, 1.807) is 0 Å². The first kappa shape index (κ1) is 12.0. The molecule has 84 valence electrons. The van der Waals surface area contributed by atoms with Crippen molar-refractivity contribution in [2.24, 2.45) is 5.92 Å². The van der Waals surface area contributed by atoms with Crippen LogP contribution < -0.4 is 5.32 Å². The van der Waals surface area contributed by atoms with Crippen molar-refractivity contribution in [3.8, 4) is 0 Å². The first-order valence-corrected chi connectivity index (χ1v) is 6.58. The fraction of sp³-hybridized carbons (Fsp3) is 1.00. The van der Waals surface area contributed by atoms with Gasteiger partial charge in [-0.25, -0.2) is 0 Å². The van der Waals surface area contributed by atoms with Gasteiger partial charge in [0.15, 0.2) is 0 Å². The minimum absolute atomic E-state index is 0.763. The lowest BCUT2D eigenvalue weighted by Crippen LogP contribution is -2.32. The van der Waals surface area contributed by atoms with E-state index in [2.05, 4.69) is 19.2 Å². The van der Waals surface area contributed by atoms with Crippen LogP contribution in [0.2, 0.25) is 0 Å². The molecule has 1 fully saturated rings. The lowest BCUT2D eigenvalue weighted by Gasteiger charge is -2.20. The third-order valence-corrected chi connectivity index (χ3v) is 3.60. The molecule has 0 aromatic heterocycles. The van der Waals surface area contributed by atoms with Crippen LogP contribution in [0, 0.1) is 5.92 Å². The van der Waals surface area contributed by atoms with Crippen molar-refractivity contribution < 1.29 is 0 Å². The Morgan fingerprint density at radius 2 is 1.86 bits per heavy atom. The summed E-state index contributed by atoms with van der Waals surface area (Å²) in [5.74, 6) is 0.973. The summed E-state index contributed by atoms with van der Waals surface area (Å²) in [7, 11) is 0. The molecule has 1 aliphatic rings. The Bertz CT molecular complexity index is 127. The molecule has 0 aromatic rings. The Hall–Kier alpha value is -0.0400. The van der Waals surface area contributed by atoms with Crippen LogP contribution in [0.15, 0.2) is 0 Å².